The smallest absolute Gasteiger partial charge is 0.340 e. The van der Waals surface area contributed by atoms with Crippen molar-refractivity contribution < 1.29 is 9.53 Å². The molecule has 4 heteroatoms. The predicted molar refractivity (Wildman–Crippen MR) is 60.1 cm³/mol. The predicted octanol–water partition coefficient (Wildman–Crippen LogP) is 2.78. The summed E-state index contributed by atoms with van der Waals surface area (Å²) in [4.78, 5) is 15.4. The lowest BCUT2D eigenvalue weighted by Crippen LogP contribution is -2.07. The summed E-state index contributed by atoms with van der Waals surface area (Å²) in [5, 5.41) is 0.365. The molecule has 15 heavy (non-hydrogen) atoms. The van der Waals surface area contributed by atoms with Crippen LogP contribution >= 0.6 is 11.3 Å². The molecular formula is C11H9NO2S. The SMILES string of the molecule is C=C(C)C(=O)Oc1nc2ccccc2s1. The van der Waals surface area contributed by atoms with Crippen LogP contribution in [0, 0.1) is 0 Å². The Balaban J connectivity index is 2.30. The highest BCUT2D eigenvalue weighted by atomic mass is 32.1. The molecule has 0 saturated carbocycles. The van der Waals surface area contributed by atoms with E-state index in [0.717, 1.165) is 10.2 Å². The minimum absolute atomic E-state index is 0.365. The van der Waals surface area contributed by atoms with Gasteiger partial charge in [-0.3, -0.25) is 0 Å². The Labute approximate surface area is 91.0 Å². The van der Waals surface area contributed by atoms with E-state index < -0.39 is 5.97 Å². The molecule has 1 aromatic carbocycles. The summed E-state index contributed by atoms with van der Waals surface area (Å²) < 4.78 is 6.03. The van der Waals surface area contributed by atoms with Gasteiger partial charge in [0.1, 0.15) is 0 Å². The van der Waals surface area contributed by atoms with Crippen molar-refractivity contribution in [2.45, 2.75) is 6.92 Å². The molecule has 0 atom stereocenters. The zero-order chi connectivity index (χ0) is 10.8. The van der Waals surface area contributed by atoms with Crippen LogP contribution in [0.4, 0.5) is 0 Å². The maximum absolute atomic E-state index is 11.2. The molecule has 0 saturated heterocycles. The van der Waals surface area contributed by atoms with Crippen molar-refractivity contribution >= 4 is 27.5 Å². The van der Waals surface area contributed by atoms with E-state index in [1.165, 1.54) is 11.3 Å². The molecule has 0 N–H and O–H groups in total. The largest absolute Gasteiger partial charge is 0.394 e. The standard InChI is InChI=1S/C11H9NO2S/c1-7(2)10(13)14-11-12-8-5-3-4-6-9(8)15-11/h3-6H,1H2,2H3. The highest BCUT2D eigenvalue weighted by Crippen LogP contribution is 2.27. The first-order valence-electron chi connectivity index (χ1n) is 4.40. The second kappa shape index (κ2) is 3.82. The Hall–Kier alpha value is -1.68. The maximum Gasteiger partial charge on any atom is 0.340 e. The summed E-state index contributed by atoms with van der Waals surface area (Å²) in [6.07, 6.45) is 0. The number of carbonyl (C=O) groups excluding carboxylic acids is 1. The van der Waals surface area contributed by atoms with Crippen LogP contribution in [0.5, 0.6) is 5.19 Å². The average molecular weight is 219 g/mol. The van der Waals surface area contributed by atoms with E-state index in [9.17, 15) is 4.79 Å². The summed E-state index contributed by atoms with van der Waals surface area (Å²) in [5.74, 6) is -0.436. The van der Waals surface area contributed by atoms with E-state index in [1.54, 1.807) is 6.92 Å². The van der Waals surface area contributed by atoms with Crippen molar-refractivity contribution in [2.75, 3.05) is 0 Å². The van der Waals surface area contributed by atoms with Crippen LogP contribution in [-0.2, 0) is 4.79 Å². The number of fused-ring (bicyclic) bond motifs is 1. The zero-order valence-electron chi connectivity index (χ0n) is 8.19. The molecule has 0 bridgehead atoms. The lowest BCUT2D eigenvalue weighted by molar-refractivity contribution is -0.130. The lowest BCUT2D eigenvalue weighted by Gasteiger charge is -1.96. The molecule has 0 aliphatic rings. The molecule has 1 aromatic heterocycles. The summed E-state index contributed by atoms with van der Waals surface area (Å²) in [7, 11) is 0. The molecule has 0 aliphatic heterocycles. The van der Waals surface area contributed by atoms with Gasteiger partial charge in [-0.15, -0.1) is 0 Å². The fraction of sp³-hybridized carbons (Fsp3) is 0.0909. The van der Waals surface area contributed by atoms with Crippen LogP contribution in [0.15, 0.2) is 36.4 Å². The first kappa shape index (κ1) is 9.86. The third-order valence-corrected chi connectivity index (χ3v) is 2.72. The van der Waals surface area contributed by atoms with E-state index in [4.69, 9.17) is 4.74 Å². The maximum atomic E-state index is 11.2. The Bertz CT molecular complexity index is 497. The van der Waals surface area contributed by atoms with Gasteiger partial charge in [-0.05, 0) is 19.1 Å². The number of carbonyl (C=O) groups is 1. The van der Waals surface area contributed by atoms with Crippen LogP contribution in [0.1, 0.15) is 6.92 Å². The molecule has 2 rings (SSSR count). The van der Waals surface area contributed by atoms with Crippen molar-refractivity contribution in [2.24, 2.45) is 0 Å². The topological polar surface area (TPSA) is 39.2 Å². The molecule has 1 heterocycles. The van der Waals surface area contributed by atoms with Crippen LogP contribution < -0.4 is 4.74 Å². The third kappa shape index (κ3) is 2.05. The molecule has 3 nitrogen and oxygen atoms in total. The third-order valence-electron chi connectivity index (χ3n) is 1.80. The normalized spacial score (nSPS) is 10.2. The van der Waals surface area contributed by atoms with E-state index in [0.29, 0.717) is 10.8 Å². The number of thiazole rings is 1. The van der Waals surface area contributed by atoms with Crippen molar-refractivity contribution in [3.63, 3.8) is 0 Å². The number of hydrogen-bond acceptors (Lipinski definition) is 4. The number of ether oxygens (including phenoxy) is 1. The second-order valence-electron chi connectivity index (χ2n) is 3.12. The Morgan fingerprint density at radius 1 is 1.47 bits per heavy atom. The minimum Gasteiger partial charge on any atom is -0.394 e. The summed E-state index contributed by atoms with van der Waals surface area (Å²) >= 11 is 1.35. The van der Waals surface area contributed by atoms with Gasteiger partial charge >= 0.3 is 5.97 Å². The first-order chi connectivity index (χ1) is 7.16. The van der Waals surface area contributed by atoms with Crippen LogP contribution in [0.25, 0.3) is 10.2 Å². The highest BCUT2D eigenvalue weighted by molar-refractivity contribution is 7.20. The van der Waals surface area contributed by atoms with Gasteiger partial charge in [0.2, 0.25) is 0 Å². The van der Waals surface area contributed by atoms with E-state index in [1.807, 2.05) is 24.3 Å². The Morgan fingerprint density at radius 3 is 2.87 bits per heavy atom. The van der Waals surface area contributed by atoms with Gasteiger partial charge in [-0.1, -0.05) is 30.0 Å². The monoisotopic (exact) mass is 219 g/mol. The molecule has 76 valence electrons. The fourth-order valence-electron chi connectivity index (χ4n) is 1.06. The number of benzene rings is 1. The second-order valence-corrected chi connectivity index (χ2v) is 4.11. The summed E-state index contributed by atoms with van der Waals surface area (Å²) in [6, 6.07) is 7.63. The molecular weight excluding hydrogens is 210 g/mol. The van der Waals surface area contributed by atoms with Crippen molar-refractivity contribution in [1.29, 1.82) is 0 Å². The molecule has 0 spiro atoms. The minimum atomic E-state index is -0.436. The first-order valence-corrected chi connectivity index (χ1v) is 5.22. The average Bonchev–Trinajstić information content (AvgIpc) is 2.59. The van der Waals surface area contributed by atoms with Gasteiger partial charge in [0.25, 0.3) is 5.19 Å². The number of esters is 1. The molecule has 0 unspecified atom stereocenters. The molecule has 0 amide bonds. The number of hydrogen-bond donors (Lipinski definition) is 0. The van der Waals surface area contributed by atoms with E-state index >= 15 is 0 Å². The summed E-state index contributed by atoms with van der Waals surface area (Å²) in [5.41, 5.74) is 1.21. The van der Waals surface area contributed by atoms with Crippen molar-refractivity contribution in [3.05, 3.63) is 36.4 Å². The van der Waals surface area contributed by atoms with Gasteiger partial charge in [-0.2, -0.15) is 0 Å². The van der Waals surface area contributed by atoms with Crippen LogP contribution in [0.3, 0.4) is 0 Å². The van der Waals surface area contributed by atoms with Gasteiger partial charge < -0.3 is 4.74 Å². The lowest BCUT2D eigenvalue weighted by atomic mass is 10.3. The van der Waals surface area contributed by atoms with E-state index in [2.05, 4.69) is 11.6 Å². The molecule has 0 aliphatic carbocycles. The van der Waals surface area contributed by atoms with Gasteiger partial charge in [0.05, 0.1) is 10.2 Å². The van der Waals surface area contributed by atoms with Gasteiger partial charge in [0, 0.05) is 5.57 Å². The number of nitrogens with zero attached hydrogens (tertiary/aromatic N) is 1. The Kier molecular flexibility index (Phi) is 2.51. The van der Waals surface area contributed by atoms with Crippen molar-refractivity contribution in [3.8, 4) is 5.19 Å². The fourth-order valence-corrected chi connectivity index (χ4v) is 1.88. The number of aromatic nitrogens is 1. The van der Waals surface area contributed by atoms with Crippen molar-refractivity contribution in [1.82, 2.24) is 4.98 Å². The highest BCUT2D eigenvalue weighted by Gasteiger charge is 2.09. The van der Waals surface area contributed by atoms with E-state index in [-0.39, 0.29) is 0 Å². The number of rotatable bonds is 2. The molecule has 2 aromatic rings. The summed E-state index contributed by atoms with van der Waals surface area (Å²) in [6.45, 7) is 5.11. The number of para-hydroxylation sites is 1. The van der Waals surface area contributed by atoms with Gasteiger partial charge in [-0.25, -0.2) is 9.78 Å². The zero-order valence-corrected chi connectivity index (χ0v) is 9.00. The van der Waals surface area contributed by atoms with Crippen LogP contribution in [-0.4, -0.2) is 11.0 Å². The Morgan fingerprint density at radius 2 is 2.20 bits per heavy atom. The van der Waals surface area contributed by atoms with Crippen LogP contribution in [0.2, 0.25) is 0 Å². The van der Waals surface area contributed by atoms with Gasteiger partial charge in [0.15, 0.2) is 0 Å². The molecule has 0 fully saturated rings. The molecule has 0 radical (unpaired) electrons. The quantitative estimate of drug-likeness (QED) is 0.576.